The van der Waals surface area contributed by atoms with E-state index in [9.17, 15) is 19.5 Å². The van der Waals surface area contributed by atoms with Gasteiger partial charge in [-0.05, 0) is 34.6 Å². The summed E-state index contributed by atoms with van der Waals surface area (Å²) in [4.78, 5) is 38.4. The van der Waals surface area contributed by atoms with Crippen molar-refractivity contribution in [3.05, 3.63) is 59.7 Å². The topological polar surface area (TPSA) is 105 Å². The molecule has 1 saturated heterocycles. The lowest BCUT2D eigenvalue weighted by Gasteiger charge is -2.38. The summed E-state index contributed by atoms with van der Waals surface area (Å²) in [6.07, 6.45) is -1.03. The van der Waals surface area contributed by atoms with Crippen LogP contribution in [0.25, 0.3) is 11.1 Å². The molecule has 2 N–H and O–H groups in total. The van der Waals surface area contributed by atoms with Crippen LogP contribution >= 0.6 is 0 Å². The normalized spacial score (nSPS) is 19.6. The van der Waals surface area contributed by atoms with Crippen molar-refractivity contribution in [2.24, 2.45) is 5.41 Å². The maximum absolute atomic E-state index is 12.9. The van der Waals surface area contributed by atoms with Gasteiger partial charge in [-0.25, -0.2) is 9.59 Å². The maximum Gasteiger partial charge on any atom is 0.407 e. The number of fused-ring (bicyclic) bond motifs is 3. The molecule has 2 aliphatic rings. The van der Waals surface area contributed by atoms with E-state index in [-0.39, 0.29) is 37.9 Å². The number of amides is 2. The van der Waals surface area contributed by atoms with Gasteiger partial charge in [0.2, 0.25) is 5.91 Å². The largest absolute Gasteiger partial charge is 0.480 e. The average Bonchev–Trinajstić information content (AvgIpc) is 3.14. The molecule has 0 bridgehead atoms. The molecular weight excluding hydrogens is 448 g/mol. The number of ether oxygens (including phenoxy) is 2. The number of hydrogen-bond donors (Lipinski definition) is 2. The number of nitrogens with one attached hydrogen (secondary N) is 1. The van der Waals surface area contributed by atoms with Crippen molar-refractivity contribution in [3.63, 3.8) is 0 Å². The quantitative estimate of drug-likeness (QED) is 0.627. The van der Waals surface area contributed by atoms with E-state index in [0.29, 0.717) is 6.61 Å². The number of carbonyl (C=O) groups is 3. The van der Waals surface area contributed by atoms with Gasteiger partial charge in [0.1, 0.15) is 6.61 Å². The van der Waals surface area contributed by atoms with Crippen LogP contribution in [0.3, 0.4) is 0 Å². The van der Waals surface area contributed by atoms with Crippen molar-refractivity contribution in [1.82, 2.24) is 10.2 Å². The van der Waals surface area contributed by atoms with Gasteiger partial charge in [0, 0.05) is 25.4 Å². The molecule has 1 fully saturated rings. The van der Waals surface area contributed by atoms with Gasteiger partial charge in [-0.15, -0.1) is 0 Å². The molecule has 0 aromatic heterocycles. The van der Waals surface area contributed by atoms with E-state index < -0.39 is 29.6 Å². The Kier molecular flexibility index (Phi) is 7.12. The summed E-state index contributed by atoms with van der Waals surface area (Å²) in [5.74, 6) is -1.38. The summed E-state index contributed by atoms with van der Waals surface area (Å²) in [5, 5.41) is 12.3. The van der Waals surface area contributed by atoms with Gasteiger partial charge in [-0.3, -0.25) is 4.79 Å². The van der Waals surface area contributed by atoms with Gasteiger partial charge in [0.05, 0.1) is 12.7 Å². The molecule has 2 aromatic rings. The van der Waals surface area contributed by atoms with E-state index in [2.05, 4.69) is 29.6 Å². The highest BCUT2D eigenvalue weighted by Crippen LogP contribution is 2.44. The molecule has 1 aliphatic heterocycles. The van der Waals surface area contributed by atoms with Crippen LogP contribution in [-0.4, -0.2) is 66.4 Å². The van der Waals surface area contributed by atoms with Gasteiger partial charge in [0.15, 0.2) is 6.04 Å². The summed E-state index contributed by atoms with van der Waals surface area (Å²) >= 11 is 0. The van der Waals surface area contributed by atoms with E-state index in [0.717, 1.165) is 22.3 Å². The number of carbonyl (C=O) groups excluding carboxylic acids is 2. The van der Waals surface area contributed by atoms with Gasteiger partial charge < -0.3 is 24.8 Å². The summed E-state index contributed by atoms with van der Waals surface area (Å²) in [6, 6.07) is 15.3. The van der Waals surface area contributed by atoms with E-state index >= 15 is 0 Å². The molecule has 1 aliphatic carbocycles. The Morgan fingerprint density at radius 3 is 2.29 bits per heavy atom. The van der Waals surface area contributed by atoms with E-state index in [1.54, 1.807) is 6.92 Å². The Labute approximate surface area is 205 Å². The summed E-state index contributed by atoms with van der Waals surface area (Å²) in [7, 11) is 0. The Morgan fingerprint density at radius 1 is 1.09 bits per heavy atom. The molecule has 2 aromatic carbocycles. The number of benzene rings is 2. The minimum atomic E-state index is -1.08. The van der Waals surface area contributed by atoms with E-state index in [4.69, 9.17) is 9.47 Å². The van der Waals surface area contributed by atoms with Crippen molar-refractivity contribution in [2.75, 3.05) is 26.3 Å². The zero-order valence-electron chi connectivity index (χ0n) is 20.3. The van der Waals surface area contributed by atoms with Crippen LogP contribution < -0.4 is 5.32 Å². The Bertz CT molecular complexity index is 1070. The number of nitrogens with zero attached hydrogens (tertiary/aromatic N) is 1. The number of alkyl carbamates (subject to hydrolysis) is 1. The summed E-state index contributed by atoms with van der Waals surface area (Å²) < 4.78 is 11.0. The predicted octanol–water partition coefficient (Wildman–Crippen LogP) is 3.64. The second kappa shape index (κ2) is 10.1. The summed E-state index contributed by atoms with van der Waals surface area (Å²) in [5.41, 5.74) is 4.01. The molecule has 0 radical (unpaired) electrons. The first-order chi connectivity index (χ1) is 16.7. The number of rotatable bonds is 7. The molecule has 2 atom stereocenters. The fourth-order valence-electron chi connectivity index (χ4n) is 4.97. The standard InChI is InChI=1S/C27H32N2O6/c1-17-24(25(31)32)29(12-13-34-17)23(30)14-27(2,3)16-28-26(33)35-15-22-20-10-6-4-8-18(20)19-9-5-7-11-21(19)22/h4-11,17,22,24H,12-16H2,1-3H3,(H,28,33)(H,31,32). The van der Waals surface area contributed by atoms with Crippen molar-refractivity contribution in [3.8, 4) is 11.1 Å². The SMILES string of the molecule is CC1OCCN(C(=O)CC(C)(C)CNC(=O)OCC2c3ccccc3-c3ccccc32)C1C(=O)O. The molecule has 4 rings (SSSR count). The highest BCUT2D eigenvalue weighted by atomic mass is 16.5. The lowest BCUT2D eigenvalue weighted by atomic mass is 9.88. The third-order valence-corrected chi connectivity index (χ3v) is 6.75. The van der Waals surface area contributed by atoms with Gasteiger partial charge in [0.25, 0.3) is 0 Å². The van der Waals surface area contributed by atoms with Crippen LogP contribution in [0.5, 0.6) is 0 Å². The first kappa shape index (κ1) is 24.7. The minimum Gasteiger partial charge on any atom is -0.480 e. The highest BCUT2D eigenvalue weighted by molar-refractivity contribution is 5.85. The second-order valence-electron chi connectivity index (χ2n) is 9.97. The number of carboxylic acid groups (broad SMARTS) is 1. The number of morpholine rings is 1. The van der Waals surface area contributed by atoms with Crippen LogP contribution in [0.1, 0.15) is 44.2 Å². The van der Waals surface area contributed by atoms with Crippen LogP contribution in [-0.2, 0) is 19.1 Å². The average molecular weight is 481 g/mol. The van der Waals surface area contributed by atoms with E-state index in [1.807, 2.05) is 38.1 Å². The van der Waals surface area contributed by atoms with Crippen LogP contribution in [0.2, 0.25) is 0 Å². The van der Waals surface area contributed by atoms with Gasteiger partial charge >= 0.3 is 12.1 Å². The summed E-state index contributed by atoms with van der Waals surface area (Å²) in [6.45, 7) is 6.33. The molecule has 0 saturated carbocycles. The number of hydrogen-bond acceptors (Lipinski definition) is 5. The van der Waals surface area contributed by atoms with Gasteiger partial charge in [-0.1, -0.05) is 62.4 Å². The predicted molar refractivity (Wildman–Crippen MR) is 130 cm³/mol. The fraction of sp³-hybridized carbons (Fsp3) is 0.444. The molecule has 8 nitrogen and oxygen atoms in total. The first-order valence-electron chi connectivity index (χ1n) is 11.9. The van der Waals surface area contributed by atoms with Crippen LogP contribution in [0, 0.1) is 5.41 Å². The van der Waals surface area contributed by atoms with E-state index in [1.165, 1.54) is 4.90 Å². The molecule has 0 spiro atoms. The Balaban J connectivity index is 1.31. The van der Waals surface area contributed by atoms with Crippen molar-refractivity contribution in [1.29, 1.82) is 0 Å². The highest BCUT2D eigenvalue weighted by Gasteiger charge is 2.39. The molecule has 2 unspecified atom stereocenters. The minimum absolute atomic E-state index is 0.0287. The van der Waals surface area contributed by atoms with Crippen molar-refractivity contribution >= 4 is 18.0 Å². The van der Waals surface area contributed by atoms with Crippen molar-refractivity contribution in [2.45, 2.75) is 45.3 Å². The zero-order chi connectivity index (χ0) is 25.2. The molecule has 186 valence electrons. The Hall–Kier alpha value is -3.39. The molecule has 35 heavy (non-hydrogen) atoms. The Morgan fingerprint density at radius 2 is 1.69 bits per heavy atom. The number of aliphatic carboxylic acids is 1. The van der Waals surface area contributed by atoms with Crippen LogP contribution in [0.4, 0.5) is 4.79 Å². The third-order valence-electron chi connectivity index (χ3n) is 6.75. The molecular formula is C27H32N2O6. The fourth-order valence-corrected chi connectivity index (χ4v) is 4.97. The maximum atomic E-state index is 12.9. The van der Waals surface area contributed by atoms with Crippen molar-refractivity contribution < 1.29 is 29.0 Å². The second-order valence-corrected chi connectivity index (χ2v) is 9.97. The smallest absolute Gasteiger partial charge is 0.407 e. The lowest BCUT2D eigenvalue weighted by Crippen LogP contribution is -2.57. The van der Waals surface area contributed by atoms with Gasteiger partial charge in [-0.2, -0.15) is 0 Å². The number of carboxylic acids is 1. The molecule has 1 heterocycles. The van der Waals surface area contributed by atoms with Crippen LogP contribution in [0.15, 0.2) is 48.5 Å². The molecule has 8 heteroatoms. The monoisotopic (exact) mass is 480 g/mol. The first-order valence-corrected chi connectivity index (χ1v) is 11.9. The zero-order valence-corrected chi connectivity index (χ0v) is 20.3. The molecule has 2 amide bonds. The lowest BCUT2D eigenvalue weighted by molar-refractivity contribution is -0.165. The third kappa shape index (κ3) is 5.32.